The molecule has 0 heterocycles. The average molecular weight is 587 g/mol. The van der Waals surface area contributed by atoms with Crippen molar-refractivity contribution < 1.29 is 22.7 Å². The molecule has 0 radical (unpaired) electrons. The minimum atomic E-state index is -4.02. The third-order valence-corrected chi connectivity index (χ3v) is 7.30. The van der Waals surface area contributed by atoms with Gasteiger partial charge in [0, 0.05) is 4.47 Å². The Balaban J connectivity index is 1.79. The second-order valence-corrected chi connectivity index (χ2v) is 10.6. The third-order valence-electron chi connectivity index (χ3n) is 5.02. The maximum absolute atomic E-state index is 13.5. The normalized spacial score (nSPS) is 11.2. The minimum absolute atomic E-state index is 0.0802. The number of ether oxygens (including phenoxy) is 2. The molecule has 1 N–H and O–H groups in total. The molecule has 0 aliphatic rings. The molecule has 0 aliphatic heterocycles. The zero-order chi connectivity index (χ0) is 26.8. The highest BCUT2D eigenvalue weighted by Gasteiger charge is 2.27. The molecule has 37 heavy (non-hydrogen) atoms. The molecular weight excluding hydrogens is 558 g/mol. The van der Waals surface area contributed by atoms with Crippen molar-refractivity contribution in [3.8, 4) is 11.5 Å². The Labute approximate surface area is 225 Å². The molecule has 1 amide bonds. The molecule has 3 rings (SSSR count). The molecule has 0 bridgehead atoms. The Hall–Kier alpha value is -3.63. The third kappa shape index (κ3) is 7.68. The largest absolute Gasteiger partial charge is 0.490 e. The molecule has 0 saturated heterocycles. The van der Waals surface area contributed by atoms with E-state index in [1.54, 1.807) is 60.7 Å². The minimum Gasteiger partial charge on any atom is -0.490 e. The summed E-state index contributed by atoms with van der Waals surface area (Å²) in [6, 6.07) is 18.4. The van der Waals surface area contributed by atoms with Crippen LogP contribution < -0.4 is 19.2 Å². The fourth-order valence-corrected chi connectivity index (χ4v) is 5.07. The van der Waals surface area contributed by atoms with Crippen LogP contribution in [0.5, 0.6) is 11.5 Å². The summed E-state index contributed by atoms with van der Waals surface area (Å²) >= 11 is 3.36. The van der Waals surface area contributed by atoms with Crippen molar-refractivity contribution >= 4 is 43.8 Å². The second-order valence-electron chi connectivity index (χ2n) is 7.84. The van der Waals surface area contributed by atoms with Gasteiger partial charge in [0.15, 0.2) is 11.5 Å². The van der Waals surface area contributed by atoms with Crippen LogP contribution in [0, 0.1) is 6.92 Å². The van der Waals surface area contributed by atoms with Crippen LogP contribution >= 0.6 is 15.9 Å². The summed E-state index contributed by atoms with van der Waals surface area (Å²) in [5.74, 6) is 0.487. The molecule has 8 nitrogen and oxygen atoms in total. The lowest BCUT2D eigenvalue weighted by molar-refractivity contribution is -0.119. The number of halogens is 1. The van der Waals surface area contributed by atoms with Crippen LogP contribution in [-0.4, -0.2) is 40.3 Å². The van der Waals surface area contributed by atoms with E-state index in [2.05, 4.69) is 33.0 Å². The molecule has 3 aromatic rings. The zero-order valence-corrected chi connectivity index (χ0v) is 23.0. The van der Waals surface area contributed by atoms with Gasteiger partial charge in [-0.05, 0) is 67.9 Å². The van der Waals surface area contributed by atoms with Crippen molar-refractivity contribution in [2.45, 2.75) is 18.7 Å². The number of nitrogens with zero attached hydrogens (tertiary/aromatic N) is 2. The van der Waals surface area contributed by atoms with E-state index >= 15 is 0 Å². The highest BCUT2D eigenvalue weighted by Crippen LogP contribution is 2.28. The van der Waals surface area contributed by atoms with Crippen molar-refractivity contribution in [2.24, 2.45) is 5.10 Å². The van der Waals surface area contributed by atoms with E-state index in [9.17, 15) is 13.2 Å². The van der Waals surface area contributed by atoms with Gasteiger partial charge >= 0.3 is 0 Å². The second kappa shape index (κ2) is 13.1. The van der Waals surface area contributed by atoms with E-state index in [-0.39, 0.29) is 4.90 Å². The number of hydrogen-bond acceptors (Lipinski definition) is 6. The molecule has 0 aromatic heterocycles. The smallest absolute Gasteiger partial charge is 0.264 e. The molecular formula is C27H28BrN3O5S. The number of hydrazone groups is 1. The van der Waals surface area contributed by atoms with E-state index in [1.807, 2.05) is 13.8 Å². The van der Waals surface area contributed by atoms with Crippen molar-refractivity contribution in [1.29, 1.82) is 0 Å². The van der Waals surface area contributed by atoms with Crippen LogP contribution in [0.15, 0.2) is 93.9 Å². The van der Waals surface area contributed by atoms with E-state index in [1.165, 1.54) is 18.3 Å². The van der Waals surface area contributed by atoms with Gasteiger partial charge in [-0.15, -0.1) is 0 Å². The van der Waals surface area contributed by atoms with Gasteiger partial charge in [0.25, 0.3) is 15.9 Å². The predicted octanol–water partition coefficient (Wildman–Crippen LogP) is 5.07. The molecule has 10 heteroatoms. The standard InChI is InChI=1S/C27H28BrN3O5S/c1-4-15-36-25-14-11-21(16-26(25)35-5-2)18-29-30-27(32)19-31(23-8-6-7-22(28)17-23)37(33,34)24-12-9-20(3)10-13-24/h4,6-14,16-18H,1,5,15,19H2,2-3H3,(H,30,32)/b29-18-. The number of carbonyl (C=O) groups is 1. The Morgan fingerprint density at radius 3 is 2.51 bits per heavy atom. The summed E-state index contributed by atoms with van der Waals surface area (Å²) < 4.78 is 39.8. The number of benzene rings is 3. The summed E-state index contributed by atoms with van der Waals surface area (Å²) in [5.41, 5.74) is 4.33. The van der Waals surface area contributed by atoms with E-state index < -0.39 is 22.5 Å². The molecule has 0 spiro atoms. The van der Waals surface area contributed by atoms with E-state index in [0.717, 1.165) is 9.87 Å². The first-order valence-electron chi connectivity index (χ1n) is 11.4. The quantitative estimate of drug-likeness (QED) is 0.182. The van der Waals surface area contributed by atoms with Crippen LogP contribution in [0.25, 0.3) is 0 Å². The van der Waals surface area contributed by atoms with Gasteiger partial charge in [0.2, 0.25) is 0 Å². The van der Waals surface area contributed by atoms with Gasteiger partial charge in [-0.25, -0.2) is 13.8 Å². The summed E-state index contributed by atoms with van der Waals surface area (Å²) in [7, 11) is -4.02. The zero-order valence-electron chi connectivity index (χ0n) is 20.6. The average Bonchev–Trinajstić information content (AvgIpc) is 2.87. The maximum Gasteiger partial charge on any atom is 0.264 e. The summed E-state index contributed by atoms with van der Waals surface area (Å²) in [5, 5.41) is 4.00. The fraction of sp³-hybridized carbons (Fsp3) is 0.185. The topological polar surface area (TPSA) is 97.3 Å². The molecule has 0 fully saturated rings. The number of nitrogens with one attached hydrogen (secondary N) is 1. The van der Waals surface area contributed by atoms with Gasteiger partial charge in [0.1, 0.15) is 13.2 Å². The number of carbonyl (C=O) groups excluding carboxylic acids is 1. The highest BCUT2D eigenvalue weighted by atomic mass is 79.9. The number of amides is 1. The van der Waals surface area contributed by atoms with Crippen molar-refractivity contribution in [2.75, 3.05) is 24.1 Å². The van der Waals surface area contributed by atoms with Gasteiger partial charge in [-0.1, -0.05) is 52.3 Å². The summed E-state index contributed by atoms with van der Waals surface area (Å²) in [4.78, 5) is 12.9. The Morgan fingerprint density at radius 1 is 1.08 bits per heavy atom. The lowest BCUT2D eigenvalue weighted by Gasteiger charge is -2.24. The molecule has 0 saturated carbocycles. The van der Waals surface area contributed by atoms with Gasteiger partial charge in [0.05, 0.1) is 23.4 Å². The molecule has 3 aromatic carbocycles. The van der Waals surface area contributed by atoms with Gasteiger partial charge < -0.3 is 9.47 Å². The van der Waals surface area contributed by atoms with Gasteiger partial charge in [-0.3, -0.25) is 9.10 Å². The number of rotatable bonds is 12. The number of aryl methyl sites for hydroxylation is 1. The number of hydrogen-bond donors (Lipinski definition) is 1. The predicted molar refractivity (Wildman–Crippen MR) is 149 cm³/mol. The van der Waals surface area contributed by atoms with E-state index in [0.29, 0.717) is 40.4 Å². The molecule has 0 atom stereocenters. The first-order chi connectivity index (χ1) is 17.7. The Morgan fingerprint density at radius 2 is 1.84 bits per heavy atom. The van der Waals surface area contributed by atoms with Crippen LogP contribution in [0.3, 0.4) is 0 Å². The summed E-state index contributed by atoms with van der Waals surface area (Å²) in [6.07, 6.45) is 3.08. The molecule has 0 aliphatic carbocycles. The van der Waals surface area contributed by atoms with Crippen LogP contribution in [0.1, 0.15) is 18.1 Å². The SMILES string of the molecule is C=CCOc1ccc(/C=N\NC(=O)CN(c2cccc(Br)c2)S(=O)(=O)c2ccc(C)cc2)cc1OCC. The van der Waals surface area contributed by atoms with Crippen LogP contribution in [-0.2, 0) is 14.8 Å². The lowest BCUT2D eigenvalue weighted by Crippen LogP contribution is -2.39. The maximum atomic E-state index is 13.5. The van der Waals surface area contributed by atoms with Crippen molar-refractivity contribution in [1.82, 2.24) is 5.43 Å². The lowest BCUT2D eigenvalue weighted by atomic mass is 10.2. The van der Waals surface area contributed by atoms with Crippen LogP contribution in [0.4, 0.5) is 5.69 Å². The monoisotopic (exact) mass is 585 g/mol. The number of sulfonamides is 1. The number of anilines is 1. The Bertz CT molecular complexity index is 1380. The first kappa shape index (κ1) is 27.9. The first-order valence-corrected chi connectivity index (χ1v) is 13.7. The van der Waals surface area contributed by atoms with Crippen LogP contribution in [0.2, 0.25) is 0 Å². The van der Waals surface area contributed by atoms with E-state index in [4.69, 9.17) is 9.47 Å². The fourth-order valence-electron chi connectivity index (χ4n) is 3.27. The highest BCUT2D eigenvalue weighted by molar-refractivity contribution is 9.10. The molecule has 0 unspecified atom stereocenters. The summed E-state index contributed by atoms with van der Waals surface area (Å²) in [6.45, 7) is 7.68. The van der Waals surface area contributed by atoms with Crippen molar-refractivity contribution in [3.63, 3.8) is 0 Å². The van der Waals surface area contributed by atoms with Crippen molar-refractivity contribution in [3.05, 3.63) is 95.0 Å². The Kier molecular flexibility index (Phi) is 9.87. The van der Waals surface area contributed by atoms with Gasteiger partial charge in [-0.2, -0.15) is 5.10 Å². The molecule has 194 valence electrons.